The number of hydrogen-bond acceptors (Lipinski definition) is 4. The number of nitrogens with one attached hydrogen (secondary N) is 2. The van der Waals surface area contributed by atoms with Gasteiger partial charge in [0, 0.05) is 0 Å². The van der Waals surface area contributed by atoms with Crippen molar-refractivity contribution in [2.45, 2.75) is 11.6 Å². The van der Waals surface area contributed by atoms with Crippen LogP contribution in [0.2, 0.25) is 0 Å². The van der Waals surface area contributed by atoms with E-state index in [-0.39, 0.29) is 23.6 Å². The minimum absolute atomic E-state index is 0.165. The third kappa shape index (κ3) is 3.69. The number of amides is 1. The quantitative estimate of drug-likeness (QED) is 0.657. The SMILES string of the molecule is CSc1ncc(NC(=O)Cc2ccccc2)c(=O)[nH]1. The van der Waals surface area contributed by atoms with Crippen LogP contribution < -0.4 is 10.9 Å². The lowest BCUT2D eigenvalue weighted by Gasteiger charge is -2.04. The Hall–Kier alpha value is -2.08. The number of carbonyl (C=O) groups is 1. The maximum Gasteiger partial charge on any atom is 0.275 e. The van der Waals surface area contributed by atoms with E-state index in [1.807, 2.05) is 36.6 Å². The molecule has 0 spiro atoms. The van der Waals surface area contributed by atoms with Gasteiger partial charge >= 0.3 is 0 Å². The molecule has 5 nitrogen and oxygen atoms in total. The number of H-pyrrole nitrogens is 1. The number of nitrogens with zero attached hydrogens (tertiary/aromatic N) is 1. The fraction of sp³-hybridized carbons (Fsp3) is 0.154. The van der Waals surface area contributed by atoms with Crippen LogP contribution in [0.5, 0.6) is 0 Å². The largest absolute Gasteiger partial charge is 0.320 e. The summed E-state index contributed by atoms with van der Waals surface area (Å²) in [6.45, 7) is 0. The lowest BCUT2D eigenvalue weighted by atomic mass is 10.1. The number of rotatable bonds is 4. The molecule has 0 aliphatic heterocycles. The van der Waals surface area contributed by atoms with E-state index in [4.69, 9.17) is 0 Å². The van der Waals surface area contributed by atoms with Gasteiger partial charge in [-0.05, 0) is 11.8 Å². The zero-order valence-corrected chi connectivity index (χ0v) is 11.2. The lowest BCUT2D eigenvalue weighted by Crippen LogP contribution is -2.21. The lowest BCUT2D eigenvalue weighted by molar-refractivity contribution is -0.115. The number of hydrogen-bond donors (Lipinski definition) is 2. The van der Waals surface area contributed by atoms with Crippen molar-refractivity contribution in [3.05, 3.63) is 52.4 Å². The summed E-state index contributed by atoms with van der Waals surface area (Å²) < 4.78 is 0. The average molecular weight is 275 g/mol. The third-order valence-corrected chi connectivity index (χ3v) is 3.05. The first kappa shape index (κ1) is 13.4. The molecule has 1 heterocycles. The highest BCUT2D eigenvalue weighted by atomic mass is 32.2. The van der Waals surface area contributed by atoms with Crippen LogP contribution in [0, 0.1) is 0 Å². The summed E-state index contributed by atoms with van der Waals surface area (Å²) in [6.07, 6.45) is 3.41. The minimum atomic E-state index is -0.347. The Labute approximate surface area is 114 Å². The average Bonchev–Trinajstić information content (AvgIpc) is 2.42. The van der Waals surface area contributed by atoms with E-state index < -0.39 is 0 Å². The van der Waals surface area contributed by atoms with Gasteiger partial charge in [0.05, 0.1) is 12.6 Å². The Balaban J connectivity index is 2.05. The topological polar surface area (TPSA) is 74.8 Å². The van der Waals surface area contributed by atoms with E-state index in [1.54, 1.807) is 0 Å². The van der Waals surface area contributed by atoms with Crippen LogP contribution in [-0.2, 0) is 11.2 Å². The zero-order chi connectivity index (χ0) is 13.7. The summed E-state index contributed by atoms with van der Waals surface area (Å²) in [5.41, 5.74) is 0.713. The highest BCUT2D eigenvalue weighted by Crippen LogP contribution is 2.07. The summed E-state index contributed by atoms with van der Waals surface area (Å²) in [5, 5.41) is 3.08. The van der Waals surface area contributed by atoms with Crippen molar-refractivity contribution in [3.63, 3.8) is 0 Å². The third-order valence-electron chi connectivity index (χ3n) is 2.45. The molecule has 0 unspecified atom stereocenters. The van der Waals surface area contributed by atoms with Crippen molar-refractivity contribution in [2.75, 3.05) is 11.6 Å². The number of thioether (sulfide) groups is 1. The van der Waals surface area contributed by atoms with E-state index in [9.17, 15) is 9.59 Å². The fourth-order valence-electron chi connectivity index (χ4n) is 1.55. The van der Waals surface area contributed by atoms with Crippen molar-refractivity contribution in [3.8, 4) is 0 Å². The number of aromatic amines is 1. The highest BCUT2D eigenvalue weighted by Gasteiger charge is 2.07. The van der Waals surface area contributed by atoms with Gasteiger partial charge in [0.25, 0.3) is 5.56 Å². The molecule has 0 aliphatic carbocycles. The van der Waals surface area contributed by atoms with Gasteiger partial charge in [-0.25, -0.2) is 4.98 Å². The van der Waals surface area contributed by atoms with Gasteiger partial charge in [0.1, 0.15) is 5.69 Å². The van der Waals surface area contributed by atoms with Gasteiger partial charge in [-0.15, -0.1) is 0 Å². The molecule has 98 valence electrons. The molecule has 1 aromatic carbocycles. The predicted molar refractivity (Wildman–Crippen MR) is 75.4 cm³/mol. The molecular weight excluding hydrogens is 262 g/mol. The van der Waals surface area contributed by atoms with Gasteiger partial charge in [-0.2, -0.15) is 0 Å². The standard InChI is InChI=1S/C13H13N3O2S/c1-19-13-14-8-10(12(18)16-13)15-11(17)7-9-5-3-2-4-6-9/h2-6,8H,7H2,1H3,(H,15,17)(H,14,16,18). The van der Waals surface area contributed by atoms with Crippen molar-refractivity contribution >= 4 is 23.4 Å². The zero-order valence-electron chi connectivity index (χ0n) is 10.3. The Morgan fingerprint density at radius 2 is 2.11 bits per heavy atom. The van der Waals surface area contributed by atoms with Crippen LogP contribution in [0.3, 0.4) is 0 Å². The van der Waals surface area contributed by atoms with Crippen LogP contribution in [0.1, 0.15) is 5.56 Å². The predicted octanol–water partition coefficient (Wildman–Crippen LogP) is 1.67. The summed E-state index contributed by atoms with van der Waals surface area (Å²) in [6, 6.07) is 9.34. The molecule has 0 radical (unpaired) electrons. The van der Waals surface area contributed by atoms with Crippen LogP contribution in [-0.4, -0.2) is 22.1 Å². The Morgan fingerprint density at radius 1 is 1.37 bits per heavy atom. The first-order chi connectivity index (χ1) is 9.19. The molecule has 2 N–H and O–H groups in total. The number of benzene rings is 1. The Bertz CT molecular complexity index is 625. The summed E-state index contributed by atoms with van der Waals surface area (Å²) >= 11 is 1.33. The van der Waals surface area contributed by atoms with Crippen molar-refractivity contribution in [1.29, 1.82) is 0 Å². The van der Waals surface area contributed by atoms with Crippen molar-refractivity contribution in [1.82, 2.24) is 9.97 Å². The number of aromatic nitrogens is 2. The van der Waals surface area contributed by atoms with Gasteiger partial charge in [-0.3, -0.25) is 14.6 Å². The van der Waals surface area contributed by atoms with Gasteiger partial charge < -0.3 is 5.32 Å². The summed E-state index contributed by atoms with van der Waals surface area (Å²) in [7, 11) is 0. The molecule has 1 aromatic heterocycles. The minimum Gasteiger partial charge on any atom is -0.320 e. The first-order valence-corrected chi connectivity index (χ1v) is 6.88. The molecule has 0 aliphatic rings. The number of anilines is 1. The maximum absolute atomic E-state index is 11.8. The molecule has 0 saturated heterocycles. The van der Waals surface area contributed by atoms with Gasteiger partial charge in [0.15, 0.2) is 5.16 Å². The molecule has 6 heteroatoms. The number of carbonyl (C=O) groups excluding carboxylic acids is 1. The Kier molecular flexibility index (Phi) is 4.35. The molecule has 1 amide bonds. The molecule has 2 aromatic rings. The van der Waals surface area contributed by atoms with Gasteiger partial charge in [-0.1, -0.05) is 42.1 Å². The van der Waals surface area contributed by atoms with E-state index in [2.05, 4.69) is 15.3 Å². The van der Waals surface area contributed by atoms with Crippen LogP contribution in [0.25, 0.3) is 0 Å². The molecule has 0 fully saturated rings. The second-order valence-electron chi connectivity index (χ2n) is 3.85. The second-order valence-corrected chi connectivity index (χ2v) is 4.64. The summed E-state index contributed by atoms with van der Waals surface area (Å²) in [5.74, 6) is -0.240. The normalized spacial score (nSPS) is 10.2. The monoisotopic (exact) mass is 275 g/mol. The molecule has 0 bridgehead atoms. The molecule has 19 heavy (non-hydrogen) atoms. The maximum atomic E-state index is 11.8. The van der Waals surface area contributed by atoms with Crippen LogP contribution in [0.15, 0.2) is 46.5 Å². The van der Waals surface area contributed by atoms with Crippen LogP contribution >= 0.6 is 11.8 Å². The summed E-state index contributed by atoms with van der Waals surface area (Å²) in [4.78, 5) is 30.0. The molecule has 2 rings (SSSR count). The molecule has 0 atom stereocenters. The first-order valence-electron chi connectivity index (χ1n) is 5.66. The Morgan fingerprint density at radius 3 is 2.74 bits per heavy atom. The van der Waals surface area contributed by atoms with E-state index in [1.165, 1.54) is 18.0 Å². The fourth-order valence-corrected chi connectivity index (χ4v) is 1.90. The molecular formula is C13H13N3O2S. The highest BCUT2D eigenvalue weighted by molar-refractivity contribution is 7.98. The van der Waals surface area contributed by atoms with E-state index in [0.29, 0.717) is 5.16 Å². The van der Waals surface area contributed by atoms with Crippen LogP contribution in [0.4, 0.5) is 5.69 Å². The van der Waals surface area contributed by atoms with Crippen molar-refractivity contribution < 1.29 is 4.79 Å². The second kappa shape index (κ2) is 6.19. The van der Waals surface area contributed by atoms with Gasteiger partial charge in [0.2, 0.25) is 5.91 Å². The molecule has 0 saturated carbocycles. The smallest absolute Gasteiger partial charge is 0.275 e. The van der Waals surface area contributed by atoms with E-state index in [0.717, 1.165) is 5.56 Å². The van der Waals surface area contributed by atoms with Crippen molar-refractivity contribution in [2.24, 2.45) is 0 Å². The van der Waals surface area contributed by atoms with E-state index >= 15 is 0 Å².